The fraction of sp³-hybridized carbons (Fsp3) is 0.348. The first-order chi connectivity index (χ1) is 14.7. The minimum Gasteiger partial charge on any atom is -0.493 e. The van der Waals surface area contributed by atoms with Crippen molar-refractivity contribution in [1.29, 1.82) is 0 Å². The van der Waals surface area contributed by atoms with Gasteiger partial charge < -0.3 is 15.4 Å². The lowest BCUT2D eigenvalue weighted by Crippen LogP contribution is -2.36. The molecule has 1 aliphatic rings. The van der Waals surface area contributed by atoms with E-state index in [2.05, 4.69) is 37.7 Å². The molecule has 0 saturated heterocycles. The van der Waals surface area contributed by atoms with Gasteiger partial charge in [0.15, 0.2) is 5.96 Å². The number of aliphatic imine (C=N–C) groups is 1. The molecule has 1 aromatic carbocycles. The Kier molecular flexibility index (Phi) is 6.27. The number of ether oxygens (including phenoxy) is 1. The lowest BCUT2D eigenvalue weighted by atomic mass is 10.2. The summed E-state index contributed by atoms with van der Waals surface area (Å²) in [6.07, 6.45) is 8.13. The molecule has 4 rings (SSSR count). The molecule has 0 spiro atoms. The Morgan fingerprint density at radius 3 is 2.67 bits per heavy atom. The van der Waals surface area contributed by atoms with E-state index in [4.69, 9.17) is 4.74 Å². The summed E-state index contributed by atoms with van der Waals surface area (Å²) in [5.41, 5.74) is 2.20. The van der Waals surface area contributed by atoms with Crippen LogP contribution < -0.4 is 15.4 Å². The molecule has 1 aliphatic carbocycles. The number of aromatic nitrogens is 3. The van der Waals surface area contributed by atoms with Crippen molar-refractivity contribution in [3.63, 3.8) is 0 Å². The minimum atomic E-state index is 0.635. The molecule has 0 amide bonds. The monoisotopic (exact) mass is 404 g/mol. The number of hydrogen-bond donors (Lipinski definition) is 2. The molecule has 30 heavy (non-hydrogen) atoms. The first kappa shape index (κ1) is 19.9. The Balaban J connectivity index is 1.30. The van der Waals surface area contributed by atoms with Gasteiger partial charge in [-0.1, -0.05) is 24.3 Å². The molecule has 0 radical (unpaired) electrons. The average molecular weight is 405 g/mol. The summed E-state index contributed by atoms with van der Waals surface area (Å²) in [5, 5.41) is 6.71. The summed E-state index contributed by atoms with van der Waals surface area (Å²) in [4.78, 5) is 13.1. The van der Waals surface area contributed by atoms with Crippen molar-refractivity contribution in [3.8, 4) is 11.6 Å². The number of imidazole rings is 1. The van der Waals surface area contributed by atoms with E-state index in [9.17, 15) is 0 Å². The van der Waals surface area contributed by atoms with E-state index in [0.717, 1.165) is 47.0 Å². The molecule has 0 bridgehead atoms. The Morgan fingerprint density at radius 1 is 1.13 bits per heavy atom. The predicted molar refractivity (Wildman–Crippen MR) is 118 cm³/mol. The van der Waals surface area contributed by atoms with Gasteiger partial charge in [-0.15, -0.1) is 0 Å². The quantitative estimate of drug-likeness (QED) is 0.445. The van der Waals surface area contributed by atoms with Crippen LogP contribution in [0.4, 0.5) is 0 Å². The van der Waals surface area contributed by atoms with Gasteiger partial charge in [0.2, 0.25) is 0 Å². The molecule has 0 unspecified atom stereocenters. The van der Waals surface area contributed by atoms with Gasteiger partial charge in [-0.25, -0.2) is 9.97 Å². The second kappa shape index (κ2) is 9.43. The van der Waals surface area contributed by atoms with Crippen molar-refractivity contribution < 1.29 is 4.74 Å². The van der Waals surface area contributed by atoms with E-state index >= 15 is 0 Å². The summed E-state index contributed by atoms with van der Waals surface area (Å²) in [6.45, 7) is 4.06. The molecule has 1 fully saturated rings. The summed E-state index contributed by atoms with van der Waals surface area (Å²) in [6, 6.07) is 12.2. The van der Waals surface area contributed by atoms with Crippen LogP contribution in [0.25, 0.3) is 5.82 Å². The van der Waals surface area contributed by atoms with Gasteiger partial charge in [0.25, 0.3) is 0 Å². The van der Waals surface area contributed by atoms with Crippen LogP contribution in [0.5, 0.6) is 5.75 Å². The summed E-state index contributed by atoms with van der Waals surface area (Å²) in [7, 11) is 1.77. The van der Waals surface area contributed by atoms with Crippen molar-refractivity contribution >= 4 is 5.96 Å². The number of guanidine groups is 1. The second-order valence-electron chi connectivity index (χ2n) is 7.51. The molecular formula is C23H28N6O. The first-order valence-corrected chi connectivity index (χ1v) is 10.3. The zero-order valence-electron chi connectivity index (χ0n) is 17.5. The number of hydrogen-bond acceptors (Lipinski definition) is 4. The third-order valence-corrected chi connectivity index (χ3v) is 5.16. The van der Waals surface area contributed by atoms with Gasteiger partial charge >= 0.3 is 0 Å². The van der Waals surface area contributed by atoms with Gasteiger partial charge in [0.05, 0.1) is 6.61 Å². The molecule has 2 heterocycles. The van der Waals surface area contributed by atoms with Crippen LogP contribution in [0.1, 0.15) is 29.8 Å². The maximum absolute atomic E-state index is 5.99. The van der Waals surface area contributed by atoms with Gasteiger partial charge in [-0.05, 0) is 43.4 Å². The van der Waals surface area contributed by atoms with Crippen LogP contribution >= 0.6 is 0 Å². The molecule has 2 N–H and O–H groups in total. The molecule has 156 valence electrons. The zero-order chi connectivity index (χ0) is 20.8. The number of rotatable bonds is 8. The van der Waals surface area contributed by atoms with E-state index in [1.807, 2.05) is 48.1 Å². The number of nitrogens with one attached hydrogen (secondary N) is 2. The lowest BCUT2D eigenvalue weighted by Gasteiger charge is -2.15. The van der Waals surface area contributed by atoms with Crippen molar-refractivity contribution in [3.05, 3.63) is 71.9 Å². The molecule has 1 saturated carbocycles. The van der Waals surface area contributed by atoms with E-state index in [0.29, 0.717) is 13.1 Å². The third-order valence-electron chi connectivity index (χ3n) is 5.16. The maximum atomic E-state index is 5.99. The van der Waals surface area contributed by atoms with Crippen LogP contribution in [0.2, 0.25) is 0 Å². The molecule has 7 nitrogen and oxygen atoms in total. The lowest BCUT2D eigenvalue weighted by molar-refractivity contribution is 0.296. The zero-order valence-corrected chi connectivity index (χ0v) is 17.5. The molecular weight excluding hydrogens is 376 g/mol. The van der Waals surface area contributed by atoms with Crippen molar-refractivity contribution in [2.75, 3.05) is 13.7 Å². The number of pyridine rings is 1. The van der Waals surface area contributed by atoms with Gasteiger partial charge in [0, 0.05) is 44.3 Å². The standard InChI is InChI=1S/C23H28N6O/c1-17-25-11-12-29(17)22-10-9-19(13-26-22)14-27-23(24-2)28-15-20-5-3-4-6-21(20)30-16-18-7-8-18/h3-6,9-13,18H,7-8,14-16H2,1-2H3,(H2,24,27,28). The Labute approximate surface area is 177 Å². The highest BCUT2D eigenvalue weighted by Crippen LogP contribution is 2.30. The van der Waals surface area contributed by atoms with Crippen LogP contribution in [-0.2, 0) is 13.1 Å². The van der Waals surface area contributed by atoms with Crippen LogP contribution in [0.3, 0.4) is 0 Å². The highest BCUT2D eigenvalue weighted by atomic mass is 16.5. The number of aryl methyl sites for hydroxylation is 1. The number of nitrogens with zero attached hydrogens (tertiary/aromatic N) is 4. The average Bonchev–Trinajstić information content (AvgIpc) is 3.52. The Bertz CT molecular complexity index is 991. The van der Waals surface area contributed by atoms with Crippen LogP contribution in [-0.4, -0.2) is 34.1 Å². The summed E-state index contributed by atoms with van der Waals surface area (Å²) >= 11 is 0. The van der Waals surface area contributed by atoms with Crippen LogP contribution in [0.15, 0.2) is 60.0 Å². The smallest absolute Gasteiger partial charge is 0.191 e. The minimum absolute atomic E-state index is 0.635. The molecule has 7 heteroatoms. The SMILES string of the molecule is CN=C(NCc1ccc(-n2ccnc2C)nc1)NCc1ccccc1OCC1CC1. The van der Waals surface area contributed by atoms with Gasteiger partial charge in [-0.3, -0.25) is 9.56 Å². The second-order valence-corrected chi connectivity index (χ2v) is 7.51. The molecule has 3 aromatic rings. The first-order valence-electron chi connectivity index (χ1n) is 10.3. The Morgan fingerprint density at radius 2 is 1.97 bits per heavy atom. The fourth-order valence-corrected chi connectivity index (χ4v) is 3.15. The third kappa shape index (κ3) is 5.17. The molecule has 0 aliphatic heterocycles. The van der Waals surface area contributed by atoms with Gasteiger partial charge in [-0.2, -0.15) is 0 Å². The van der Waals surface area contributed by atoms with Crippen molar-refractivity contribution in [2.24, 2.45) is 10.9 Å². The normalized spacial score (nSPS) is 13.9. The summed E-state index contributed by atoms with van der Waals surface area (Å²) in [5.74, 6) is 4.19. The van der Waals surface area contributed by atoms with Crippen LogP contribution in [0, 0.1) is 12.8 Å². The number of benzene rings is 1. The topological polar surface area (TPSA) is 76.4 Å². The number of para-hydroxylation sites is 1. The molecule has 0 atom stereocenters. The summed E-state index contributed by atoms with van der Waals surface area (Å²) < 4.78 is 7.95. The highest BCUT2D eigenvalue weighted by Gasteiger charge is 2.22. The van der Waals surface area contributed by atoms with E-state index in [-0.39, 0.29) is 0 Å². The maximum Gasteiger partial charge on any atom is 0.191 e. The Hall–Kier alpha value is -3.35. The van der Waals surface area contributed by atoms with E-state index in [1.165, 1.54) is 12.8 Å². The largest absolute Gasteiger partial charge is 0.493 e. The fourth-order valence-electron chi connectivity index (χ4n) is 3.15. The molecule has 2 aromatic heterocycles. The predicted octanol–water partition coefficient (Wildman–Crippen LogP) is 3.23. The van der Waals surface area contributed by atoms with Crippen molar-refractivity contribution in [2.45, 2.75) is 32.9 Å². The van der Waals surface area contributed by atoms with Gasteiger partial charge in [0.1, 0.15) is 17.4 Å². The van der Waals surface area contributed by atoms with E-state index < -0.39 is 0 Å². The highest BCUT2D eigenvalue weighted by molar-refractivity contribution is 5.79. The van der Waals surface area contributed by atoms with Crippen molar-refractivity contribution in [1.82, 2.24) is 25.2 Å². The van der Waals surface area contributed by atoms with E-state index in [1.54, 1.807) is 13.2 Å².